The van der Waals surface area contributed by atoms with Crippen molar-refractivity contribution in [1.29, 1.82) is 0 Å². The Morgan fingerprint density at radius 1 is 1.19 bits per heavy atom. The normalized spacial score (nSPS) is 16.7. The Morgan fingerprint density at radius 2 is 1.88 bits per heavy atom. The number of amides is 1. The highest BCUT2D eigenvalue weighted by atomic mass is 35.5. The average Bonchev–Trinajstić information content (AvgIpc) is 2.58. The average molecular weight is 388 g/mol. The molecule has 0 bridgehead atoms. The Balaban J connectivity index is 1.96. The number of carbonyl (C=O) groups excluding carboxylic acids is 1. The first kappa shape index (κ1) is 18.2. The van der Waals surface area contributed by atoms with Crippen LogP contribution in [0.4, 0.5) is 5.69 Å². The van der Waals surface area contributed by atoms with Crippen LogP contribution in [0.1, 0.15) is 24.1 Å². The van der Waals surface area contributed by atoms with Gasteiger partial charge in [-0.25, -0.2) is 0 Å². The molecule has 0 spiro atoms. The van der Waals surface area contributed by atoms with Crippen LogP contribution < -0.4 is 16.0 Å². The predicted octanol–water partition coefficient (Wildman–Crippen LogP) is 3.79. The number of phenols is 1. The van der Waals surface area contributed by atoms with Gasteiger partial charge in [0.05, 0.1) is 11.6 Å². The van der Waals surface area contributed by atoms with E-state index in [1.807, 2.05) is 13.0 Å². The van der Waals surface area contributed by atoms with E-state index in [1.54, 1.807) is 43.3 Å². The molecule has 3 rings (SSSR count). The van der Waals surface area contributed by atoms with E-state index in [4.69, 9.17) is 23.8 Å². The predicted molar refractivity (Wildman–Crippen MR) is 107 cm³/mol. The van der Waals surface area contributed by atoms with E-state index in [0.29, 0.717) is 27.1 Å². The van der Waals surface area contributed by atoms with E-state index >= 15 is 0 Å². The zero-order chi connectivity index (χ0) is 18.8. The van der Waals surface area contributed by atoms with Crippen molar-refractivity contribution < 1.29 is 9.90 Å². The van der Waals surface area contributed by atoms with E-state index < -0.39 is 6.04 Å². The van der Waals surface area contributed by atoms with Crippen LogP contribution in [0.3, 0.4) is 0 Å². The molecule has 2 aromatic carbocycles. The number of benzene rings is 2. The third-order valence-electron chi connectivity index (χ3n) is 4.19. The lowest BCUT2D eigenvalue weighted by atomic mass is 9.94. The van der Waals surface area contributed by atoms with Gasteiger partial charge in [-0.3, -0.25) is 4.79 Å². The highest BCUT2D eigenvalue weighted by Gasteiger charge is 2.30. The summed E-state index contributed by atoms with van der Waals surface area (Å²) in [5.41, 5.74) is 3.57. The third kappa shape index (κ3) is 3.81. The minimum atomic E-state index is -0.427. The molecule has 1 atom stereocenters. The maximum absolute atomic E-state index is 13.0. The van der Waals surface area contributed by atoms with Gasteiger partial charge in [-0.15, -0.1) is 0 Å². The quantitative estimate of drug-likeness (QED) is 0.603. The maximum atomic E-state index is 13.0. The standard InChI is InChI=1S/C19H18ClN3O2S/c1-10-3-6-13(20)9-15(10)22-18(25)16-11(2)21-19(26)23-17(16)12-4-7-14(24)8-5-12/h3-9,17,24H,1-2H3,(H,22,25)(H2,21,23,26)/t17-/m1/s1. The number of aromatic hydroxyl groups is 1. The first-order valence-corrected chi connectivity index (χ1v) is 8.78. The second kappa shape index (κ2) is 7.35. The summed E-state index contributed by atoms with van der Waals surface area (Å²) in [5, 5.41) is 19.6. The van der Waals surface area contributed by atoms with Crippen molar-refractivity contribution in [3.8, 4) is 5.75 Å². The van der Waals surface area contributed by atoms with Gasteiger partial charge >= 0.3 is 0 Å². The largest absolute Gasteiger partial charge is 0.508 e. The number of thiocarbonyl (C=S) groups is 1. The van der Waals surface area contributed by atoms with Crippen molar-refractivity contribution in [2.45, 2.75) is 19.9 Å². The van der Waals surface area contributed by atoms with Gasteiger partial charge in [0.1, 0.15) is 5.75 Å². The lowest BCUT2D eigenvalue weighted by molar-refractivity contribution is -0.113. The zero-order valence-electron chi connectivity index (χ0n) is 14.3. The molecule has 26 heavy (non-hydrogen) atoms. The van der Waals surface area contributed by atoms with Crippen LogP contribution in [0.25, 0.3) is 0 Å². The molecule has 7 heteroatoms. The van der Waals surface area contributed by atoms with Crippen LogP contribution in [-0.4, -0.2) is 16.1 Å². The number of hydrogen-bond acceptors (Lipinski definition) is 3. The molecule has 0 fully saturated rings. The molecule has 0 unspecified atom stereocenters. The van der Waals surface area contributed by atoms with Crippen molar-refractivity contribution in [3.05, 3.63) is 69.9 Å². The number of aryl methyl sites for hydroxylation is 1. The Bertz CT molecular complexity index is 910. The van der Waals surface area contributed by atoms with Gasteiger partial charge in [0.15, 0.2) is 5.11 Å². The Kier molecular flexibility index (Phi) is 5.15. The fourth-order valence-electron chi connectivity index (χ4n) is 2.83. The topological polar surface area (TPSA) is 73.4 Å². The van der Waals surface area contributed by atoms with E-state index in [2.05, 4.69) is 16.0 Å². The number of allylic oxidation sites excluding steroid dienone is 1. The van der Waals surface area contributed by atoms with Crippen LogP contribution in [0, 0.1) is 6.92 Å². The fourth-order valence-corrected chi connectivity index (χ4v) is 3.27. The minimum Gasteiger partial charge on any atom is -0.508 e. The van der Waals surface area contributed by atoms with Gasteiger partial charge in [-0.05, 0) is 61.5 Å². The van der Waals surface area contributed by atoms with Gasteiger partial charge < -0.3 is 21.1 Å². The number of nitrogens with one attached hydrogen (secondary N) is 3. The van der Waals surface area contributed by atoms with Gasteiger partial charge in [-0.2, -0.15) is 0 Å². The number of hydrogen-bond donors (Lipinski definition) is 4. The van der Waals surface area contributed by atoms with Gasteiger partial charge in [0.2, 0.25) is 0 Å². The molecule has 1 aliphatic rings. The van der Waals surface area contributed by atoms with E-state index in [9.17, 15) is 9.90 Å². The first-order valence-electron chi connectivity index (χ1n) is 8.00. The van der Waals surface area contributed by atoms with Crippen molar-refractivity contribution in [3.63, 3.8) is 0 Å². The summed E-state index contributed by atoms with van der Waals surface area (Å²) in [4.78, 5) is 13.0. The molecule has 0 radical (unpaired) electrons. The van der Waals surface area contributed by atoms with Crippen LogP contribution >= 0.6 is 23.8 Å². The van der Waals surface area contributed by atoms with Crippen LogP contribution in [0.5, 0.6) is 5.75 Å². The number of halogens is 1. The number of phenolic OH excluding ortho intramolecular Hbond substituents is 1. The molecule has 2 aromatic rings. The maximum Gasteiger partial charge on any atom is 0.255 e. The van der Waals surface area contributed by atoms with Crippen molar-refractivity contribution in [2.75, 3.05) is 5.32 Å². The summed E-state index contributed by atoms with van der Waals surface area (Å²) in [6.07, 6.45) is 0. The highest BCUT2D eigenvalue weighted by Crippen LogP contribution is 2.29. The van der Waals surface area contributed by atoms with Crippen molar-refractivity contribution in [2.24, 2.45) is 0 Å². The van der Waals surface area contributed by atoms with Crippen LogP contribution in [0.2, 0.25) is 5.02 Å². The summed E-state index contributed by atoms with van der Waals surface area (Å²) in [5.74, 6) is -0.0973. The molecule has 1 aliphatic heterocycles. The summed E-state index contributed by atoms with van der Waals surface area (Å²) >= 11 is 11.3. The first-order chi connectivity index (χ1) is 12.3. The molecule has 0 saturated heterocycles. The van der Waals surface area contributed by atoms with Crippen LogP contribution in [-0.2, 0) is 4.79 Å². The monoisotopic (exact) mass is 387 g/mol. The molecule has 1 heterocycles. The second-order valence-corrected chi connectivity index (χ2v) is 6.92. The number of anilines is 1. The third-order valence-corrected chi connectivity index (χ3v) is 4.64. The lowest BCUT2D eigenvalue weighted by Crippen LogP contribution is -2.45. The van der Waals surface area contributed by atoms with Crippen LogP contribution in [0.15, 0.2) is 53.7 Å². The molecule has 0 saturated carbocycles. The molecule has 4 N–H and O–H groups in total. The van der Waals surface area contributed by atoms with E-state index in [1.165, 1.54) is 0 Å². The van der Waals surface area contributed by atoms with Gasteiger partial charge in [-0.1, -0.05) is 29.8 Å². The molecular formula is C19H18ClN3O2S. The summed E-state index contributed by atoms with van der Waals surface area (Å²) in [7, 11) is 0. The number of carbonyl (C=O) groups is 1. The van der Waals surface area contributed by atoms with E-state index in [0.717, 1.165) is 11.1 Å². The SMILES string of the molecule is CC1=C(C(=O)Nc2cc(Cl)ccc2C)[C@@H](c2ccc(O)cc2)NC(=S)N1. The zero-order valence-corrected chi connectivity index (χ0v) is 15.8. The lowest BCUT2D eigenvalue weighted by Gasteiger charge is -2.30. The van der Waals surface area contributed by atoms with Crippen molar-refractivity contribution >= 4 is 40.5 Å². The van der Waals surface area contributed by atoms with Crippen molar-refractivity contribution in [1.82, 2.24) is 10.6 Å². The molecule has 0 aromatic heterocycles. The summed E-state index contributed by atoms with van der Waals surface area (Å²) in [6, 6.07) is 11.6. The molecule has 1 amide bonds. The molecule has 134 valence electrons. The minimum absolute atomic E-state index is 0.159. The highest BCUT2D eigenvalue weighted by molar-refractivity contribution is 7.80. The second-order valence-electron chi connectivity index (χ2n) is 6.08. The smallest absolute Gasteiger partial charge is 0.255 e. The summed E-state index contributed by atoms with van der Waals surface area (Å²) < 4.78 is 0. The Morgan fingerprint density at radius 3 is 2.58 bits per heavy atom. The summed E-state index contributed by atoms with van der Waals surface area (Å²) in [6.45, 7) is 3.71. The number of rotatable bonds is 3. The van der Waals surface area contributed by atoms with Gasteiger partial charge in [0, 0.05) is 16.4 Å². The fraction of sp³-hybridized carbons (Fsp3) is 0.158. The molecule has 0 aliphatic carbocycles. The van der Waals surface area contributed by atoms with E-state index in [-0.39, 0.29) is 11.7 Å². The molecular weight excluding hydrogens is 370 g/mol. The Labute approximate surface area is 162 Å². The Hall–Kier alpha value is -2.57. The van der Waals surface area contributed by atoms with Gasteiger partial charge in [0.25, 0.3) is 5.91 Å². The molecule has 5 nitrogen and oxygen atoms in total.